The van der Waals surface area contributed by atoms with Gasteiger partial charge in [-0.25, -0.2) is 8.42 Å². The van der Waals surface area contributed by atoms with Gasteiger partial charge in [0.1, 0.15) is 0 Å². The van der Waals surface area contributed by atoms with Crippen molar-refractivity contribution < 1.29 is 17.9 Å². The number of hydrogen-bond acceptors (Lipinski definition) is 5. The van der Waals surface area contributed by atoms with Gasteiger partial charge in [0, 0.05) is 38.6 Å². The third-order valence-electron chi connectivity index (χ3n) is 5.30. The lowest BCUT2D eigenvalue weighted by atomic mass is 10.1. The third-order valence-corrected chi connectivity index (χ3v) is 7.21. The molecule has 1 aromatic rings. The minimum Gasteiger partial charge on any atom is -0.379 e. The van der Waals surface area contributed by atoms with Crippen LogP contribution in [0.3, 0.4) is 0 Å². The summed E-state index contributed by atoms with van der Waals surface area (Å²) in [5.74, 6) is 0.178. The van der Waals surface area contributed by atoms with Gasteiger partial charge in [-0.05, 0) is 44.0 Å². The molecule has 7 nitrogen and oxygen atoms in total. The average Bonchev–Trinajstić information content (AvgIpc) is 3.16. The Hall–Kier alpha value is -1.48. The van der Waals surface area contributed by atoms with Crippen molar-refractivity contribution in [2.24, 2.45) is 0 Å². The summed E-state index contributed by atoms with van der Waals surface area (Å²) in [5.41, 5.74) is 0.980. The number of sulfonamides is 1. The Labute approximate surface area is 161 Å². The SMILES string of the molecule is CNCC1CCCN1C(=O)CCc1ccc(S(=O)(=O)N2CCOCC2)cc1. The Balaban J connectivity index is 1.57. The molecule has 8 heteroatoms. The Morgan fingerprint density at radius 3 is 2.56 bits per heavy atom. The van der Waals surface area contributed by atoms with Crippen LogP contribution in [0, 0.1) is 0 Å². The number of carbonyl (C=O) groups is 1. The van der Waals surface area contributed by atoms with Gasteiger partial charge in [-0.3, -0.25) is 4.79 Å². The fourth-order valence-electron chi connectivity index (χ4n) is 3.77. The maximum absolute atomic E-state index is 12.6. The van der Waals surface area contributed by atoms with Crippen LogP contribution < -0.4 is 5.32 Å². The highest BCUT2D eigenvalue weighted by atomic mass is 32.2. The van der Waals surface area contributed by atoms with Gasteiger partial charge in [0.05, 0.1) is 18.1 Å². The second kappa shape index (κ2) is 9.14. The highest BCUT2D eigenvalue weighted by Crippen LogP contribution is 2.20. The number of nitrogens with one attached hydrogen (secondary N) is 1. The number of benzene rings is 1. The van der Waals surface area contributed by atoms with E-state index in [4.69, 9.17) is 4.74 Å². The molecule has 1 atom stereocenters. The van der Waals surface area contributed by atoms with Gasteiger partial charge >= 0.3 is 0 Å². The van der Waals surface area contributed by atoms with E-state index in [0.717, 1.165) is 31.5 Å². The number of carbonyl (C=O) groups excluding carboxylic acids is 1. The number of likely N-dealkylation sites (N-methyl/N-ethyl adjacent to an activating group) is 1. The molecule has 0 aromatic heterocycles. The van der Waals surface area contributed by atoms with Crippen LogP contribution in [0.2, 0.25) is 0 Å². The lowest BCUT2D eigenvalue weighted by molar-refractivity contribution is -0.131. The maximum atomic E-state index is 12.6. The summed E-state index contributed by atoms with van der Waals surface area (Å²) < 4.78 is 32.0. The van der Waals surface area contributed by atoms with Crippen molar-refractivity contribution in [1.82, 2.24) is 14.5 Å². The number of likely N-dealkylation sites (tertiary alicyclic amines) is 1. The molecule has 0 aliphatic carbocycles. The summed E-state index contributed by atoms with van der Waals surface area (Å²) in [6, 6.07) is 7.21. The molecule has 1 aromatic carbocycles. The zero-order valence-corrected chi connectivity index (χ0v) is 16.7. The van der Waals surface area contributed by atoms with Crippen LogP contribution in [0.5, 0.6) is 0 Å². The van der Waals surface area contributed by atoms with Crippen LogP contribution in [-0.2, 0) is 26.0 Å². The Morgan fingerprint density at radius 2 is 1.89 bits per heavy atom. The van der Waals surface area contributed by atoms with E-state index in [1.807, 2.05) is 24.1 Å². The molecular weight excluding hydrogens is 366 g/mol. The smallest absolute Gasteiger partial charge is 0.243 e. The molecule has 1 unspecified atom stereocenters. The molecule has 0 bridgehead atoms. The van der Waals surface area contributed by atoms with Gasteiger partial charge in [0.2, 0.25) is 15.9 Å². The molecule has 1 amide bonds. The number of rotatable bonds is 7. The molecule has 3 rings (SSSR count). The fourth-order valence-corrected chi connectivity index (χ4v) is 5.18. The van der Waals surface area contributed by atoms with Crippen molar-refractivity contribution in [3.63, 3.8) is 0 Å². The van der Waals surface area contributed by atoms with Gasteiger partial charge in [-0.1, -0.05) is 12.1 Å². The monoisotopic (exact) mass is 395 g/mol. The first-order chi connectivity index (χ1) is 13.0. The number of nitrogens with zero attached hydrogens (tertiary/aromatic N) is 2. The minimum atomic E-state index is -3.47. The summed E-state index contributed by atoms with van der Waals surface area (Å²) in [6.07, 6.45) is 3.20. The summed E-state index contributed by atoms with van der Waals surface area (Å²) >= 11 is 0. The van der Waals surface area contributed by atoms with Crippen LogP contribution in [-0.4, -0.2) is 76.0 Å². The van der Waals surface area contributed by atoms with Crippen molar-refractivity contribution in [3.8, 4) is 0 Å². The highest BCUT2D eigenvalue weighted by Gasteiger charge is 2.28. The van der Waals surface area contributed by atoms with E-state index in [0.29, 0.717) is 50.1 Å². The Morgan fingerprint density at radius 1 is 1.19 bits per heavy atom. The van der Waals surface area contributed by atoms with Crippen molar-refractivity contribution in [2.75, 3.05) is 46.4 Å². The lowest BCUT2D eigenvalue weighted by Crippen LogP contribution is -2.41. The van der Waals surface area contributed by atoms with E-state index in [9.17, 15) is 13.2 Å². The van der Waals surface area contributed by atoms with E-state index < -0.39 is 10.0 Å². The predicted molar refractivity (Wildman–Crippen MR) is 103 cm³/mol. The second-order valence-electron chi connectivity index (χ2n) is 7.10. The first-order valence-electron chi connectivity index (χ1n) is 9.63. The molecule has 27 heavy (non-hydrogen) atoms. The molecule has 0 spiro atoms. The molecule has 150 valence electrons. The quantitative estimate of drug-likeness (QED) is 0.741. The Bertz CT molecular complexity index is 730. The molecule has 2 heterocycles. The van der Waals surface area contributed by atoms with Gasteiger partial charge < -0.3 is 15.0 Å². The maximum Gasteiger partial charge on any atom is 0.243 e. The number of ether oxygens (including phenoxy) is 1. The summed E-state index contributed by atoms with van der Waals surface area (Å²) in [4.78, 5) is 14.8. The summed E-state index contributed by atoms with van der Waals surface area (Å²) in [5, 5.41) is 3.15. The summed E-state index contributed by atoms with van der Waals surface area (Å²) in [7, 11) is -1.56. The molecule has 0 saturated carbocycles. The molecule has 2 saturated heterocycles. The number of aryl methyl sites for hydroxylation is 1. The normalized spacial score (nSPS) is 21.5. The van der Waals surface area contributed by atoms with Crippen LogP contribution in [0.1, 0.15) is 24.8 Å². The van der Waals surface area contributed by atoms with E-state index in [1.54, 1.807) is 12.1 Å². The minimum absolute atomic E-state index is 0.178. The van der Waals surface area contributed by atoms with E-state index in [-0.39, 0.29) is 5.91 Å². The molecular formula is C19H29N3O4S. The van der Waals surface area contributed by atoms with Crippen molar-refractivity contribution in [3.05, 3.63) is 29.8 Å². The van der Waals surface area contributed by atoms with Gasteiger partial charge in [-0.15, -0.1) is 0 Å². The van der Waals surface area contributed by atoms with Crippen LogP contribution in [0.25, 0.3) is 0 Å². The standard InChI is InChI=1S/C19H29N3O4S/c1-20-15-17-3-2-10-22(17)19(23)9-6-16-4-7-18(8-5-16)27(24,25)21-11-13-26-14-12-21/h4-5,7-8,17,20H,2-3,6,9-15H2,1H3. The fraction of sp³-hybridized carbons (Fsp3) is 0.632. The average molecular weight is 396 g/mol. The molecule has 2 fully saturated rings. The molecule has 0 radical (unpaired) electrons. The molecule has 2 aliphatic heterocycles. The Kier molecular flexibility index (Phi) is 6.86. The number of hydrogen-bond donors (Lipinski definition) is 1. The number of morpholine rings is 1. The van der Waals surface area contributed by atoms with E-state index in [2.05, 4.69) is 5.32 Å². The van der Waals surface area contributed by atoms with E-state index in [1.165, 1.54) is 4.31 Å². The topological polar surface area (TPSA) is 79.0 Å². The van der Waals surface area contributed by atoms with Crippen molar-refractivity contribution >= 4 is 15.9 Å². The zero-order chi connectivity index (χ0) is 19.3. The van der Waals surface area contributed by atoms with Crippen LogP contribution in [0.15, 0.2) is 29.2 Å². The van der Waals surface area contributed by atoms with Crippen LogP contribution in [0.4, 0.5) is 0 Å². The van der Waals surface area contributed by atoms with Gasteiger partial charge in [-0.2, -0.15) is 4.31 Å². The van der Waals surface area contributed by atoms with Crippen molar-refractivity contribution in [2.45, 2.75) is 36.6 Å². The molecule has 1 N–H and O–H groups in total. The predicted octanol–water partition coefficient (Wildman–Crippen LogP) is 0.851. The zero-order valence-electron chi connectivity index (χ0n) is 15.9. The first-order valence-corrected chi connectivity index (χ1v) is 11.1. The third kappa shape index (κ3) is 4.87. The highest BCUT2D eigenvalue weighted by molar-refractivity contribution is 7.89. The van der Waals surface area contributed by atoms with Crippen molar-refractivity contribution in [1.29, 1.82) is 0 Å². The number of amides is 1. The largest absolute Gasteiger partial charge is 0.379 e. The van der Waals surface area contributed by atoms with Gasteiger partial charge in [0.25, 0.3) is 0 Å². The molecule has 2 aliphatic rings. The second-order valence-corrected chi connectivity index (χ2v) is 9.04. The van der Waals surface area contributed by atoms with Crippen LogP contribution >= 0.6 is 0 Å². The van der Waals surface area contributed by atoms with Gasteiger partial charge in [0.15, 0.2) is 0 Å². The lowest BCUT2D eigenvalue weighted by Gasteiger charge is -2.26. The van der Waals surface area contributed by atoms with E-state index >= 15 is 0 Å². The first kappa shape index (κ1) is 20.3. The summed E-state index contributed by atoms with van der Waals surface area (Å²) in [6.45, 7) is 3.32.